The number of rotatable bonds is 3. The first-order valence-electron chi connectivity index (χ1n) is 9.52. The number of anilines is 1. The van der Waals surface area contributed by atoms with Gasteiger partial charge in [0.05, 0.1) is 10.6 Å². The first-order chi connectivity index (χ1) is 13.4. The summed E-state index contributed by atoms with van der Waals surface area (Å²) < 4.78 is 5.40. The van der Waals surface area contributed by atoms with Crippen molar-refractivity contribution in [3.05, 3.63) is 29.8 Å². The molecule has 148 valence electrons. The zero-order chi connectivity index (χ0) is 19.7. The van der Waals surface area contributed by atoms with E-state index in [-0.39, 0.29) is 12.1 Å². The van der Waals surface area contributed by atoms with Crippen LogP contribution in [0.25, 0.3) is 21.9 Å². The van der Waals surface area contributed by atoms with Crippen LogP contribution in [0.15, 0.2) is 29.8 Å². The summed E-state index contributed by atoms with van der Waals surface area (Å²) in [6.45, 7) is 7.27. The van der Waals surface area contributed by atoms with Crippen LogP contribution in [-0.2, 0) is 4.74 Å². The van der Waals surface area contributed by atoms with E-state index in [0.29, 0.717) is 5.65 Å². The molecule has 28 heavy (non-hydrogen) atoms. The van der Waals surface area contributed by atoms with E-state index in [1.54, 1.807) is 17.5 Å². The molecule has 3 aromatic heterocycles. The number of imidazole rings is 1. The number of nitrogens with one attached hydrogen (secondary N) is 2. The number of hydrogen-bond acceptors (Lipinski definition) is 6. The summed E-state index contributed by atoms with van der Waals surface area (Å²) in [5, 5.41) is 5.04. The molecule has 1 saturated heterocycles. The van der Waals surface area contributed by atoms with Gasteiger partial charge >= 0.3 is 6.09 Å². The highest BCUT2D eigenvalue weighted by atomic mass is 32.1. The lowest BCUT2D eigenvalue weighted by molar-refractivity contribution is 0.0500. The second-order valence-electron chi connectivity index (χ2n) is 8.02. The standard InChI is InChI=1S/C20H25N5O2S/c1-20(2,3)27-19(26)22-13-6-4-10-25(12-13)14-8-9-21-18-16(14)23-17(24-18)15-7-5-11-28-15/h5,7-9,11,13H,4,6,10,12H2,1-3H3,(H,22,26)(H,21,23,24). The number of nitrogens with zero attached hydrogens (tertiary/aromatic N) is 3. The maximum Gasteiger partial charge on any atom is 0.407 e. The topological polar surface area (TPSA) is 83.1 Å². The summed E-state index contributed by atoms with van der Waals surface area (Å²) in [6, 6.07) is 6.11. The van der Waals surface area contributed by atoms with Gasteiger partial charge in [-0.15, -0.1) is 11.3 Å². The van der Waals surface area contributed by atoms with Gasteiger partial charge in [-0.05, 0) is 51.1 Å². The van der Waals surface area contributed by atoms with E-state index < -0.39 is 5.60 Å². The van der Waals surface area contributed by atoms with Crippen LogP contribution in [-0.4, -0.2) is 45.8 Å². The van der Waals surface area contributed by atoms with E-state index in [4.69, 9.17) is 4.74 Å². The minimum atomic E-state index is -0.496. The Morgan fingerprint density at radius 1 is 1.39 bits per heavy atom. The summed E-state index contributed by atoms with van der Waals surface area (Å²) in [5.41, 5.74) is 2.21. The fourth-order valence-electron chi connectivity index (χ4n) is 3.48. The number of amides is 1. The molecule has 3 aromatic rings. The number of H-pyrrole nitrogens is 1. The molecule has 4 heterocycles. The molecule has 0 aromatic carbocycles. The molecule has 0 radical (unpaired) electrons. The van der Waals surface area contributed by atoms with Gasteiger partial charge in [-0.2, -0.15) is 0 Å². The van der Waals surface area contributed by atoms with Gasteiger partial charge in [0, 0.05) is 25.3 Å². The molecule has 0 spiro atoms. The lowest BCUT2D eigenvalue weighted by Gasteiger charge is -2.35. The van der Waals surface area contributed by atoms with Crippen molar-refractivity contribution < 1.29 is 9.53 Å². The largest absolute Gasteiger partial charge is 0.444 e. The Kier molecular flexibility index (Phi) is 4.97. The molecule has 4 rings (SSSR count). The van der Waals surface area contributed by atoms with E-state index in [9.17, 15) is 4.79 Å². The van der Waals surface area contributed by atoms with Gasteiger partial charge in [-0.1, -0.05) is 6.07 Å². The first kappa shape index (κ1) is 18.7. The van der Waals surface area contributed by atoms with Gasteiger partial charge < -0.3 is 19.9 Å². The van der Waals surface area contributed by atoms with Crippen molar-refractivity contribution in [1.82, 2.24) is 20.3 Å². The van der Waals surface area contributed by atoms with Crippen LogP contribution >= 0.6 is 11.3 Å². The molecular formula is C20H25N5O2S. The number of aromatic amines is 1. The van der Waals surface area contributed by atoms with Crippen molar-refractivity contribution in [1.29, 1.82) is 0 Å². The molecule has 8 heteroatoms. The fourth-order valence-corrected chi connectivity index (χ4v) is 4.15. The Morgan fingerprint density at radius 3 is 3.00 bits per heavy atom. The van der Waals surface area contributed by atoms with E-state index in [1.807, 2.05) is 44.4 Å². The Morgan fingerprint density at radius 2 is 2.25 bits per heavy atom. The number of thiophene rings is 1. The third-order valence-corrected chi connectivity index (χ3v) is 5.48. The van der Waals surface area contributed by atoms with Crippen LogP contribution in [0.2, 0.25) is 0 Å². The second-order valence-corrected chi connectivity index (χ2v) is 8.97. The number of ether oxygens (including phenoxy) is 1. The van der Waals surface area contributed by atoms with E-state index in [0.717, 1.165) is 47.8 Å². The maximum absolute atomic E-state index is 12.1. The Bertz CT molecular complexity index is 961. The van der Waals surface area contributed by atoms with Crippen molar-refractivity contribution in [3.63, 3.8) is 0 Å². The minimum Gasteiger partial charge on any atom is -0.444 e. The molecule has 1 unspecified atom stereocenters. The van der Waals surface area contributed by atoms with Gasteiger partial charge in [-0.25, -0.2) is 14.8 Å². The number of pyridine rings is 1. The number of carbonyl (C=O) groups excluding carboxylic acids is 1. The quantitative estimate of drug-likeness (QED) is 0.690. The third kappa shape index (κ3) is 4.11. The predicted molar refractivity (Wildman–Crippen MR) is 112 cm³/mol. The van der Waals surface area contributed by atoms with Gasteiger partial charge in [0.15, 0.2) is 11.5 Å². The average molecular weight is 400 g/mol. The van der Waals surface area contributed by atoms with Crippen molar-refractivity contribution in [3.8, 4) is 10.7 Å². The van der Waals surface area contributed by atoms with Gasteiger partial charge in [0.25, 0.3) is 0 Å². The molecule has 0 aliphatic carbocycles. The highest BCUT2D eigenvalue weighted by molar-refractivity contribution is 7.13. The molecule has 1 fully saturated rings. The van der Waals surface area contributed by atoms with Crippen molar-refractivity contribution in [2.75, 3.05) is 18.0 Å². The summed E-state index contributed by atoms with van der Waals surface area (Å²) in [7, 11) is 0. The van der Waals surface area contributed by atoms with Crippen LogP contribution in [0, 0.1) is 0 Å². The van der Waals surface area contributed by atoms with Gasteiger partial charge in [0.1, 0.15) is 11.1 Å². The molecule has 1 aliphatic heterocycles. The summed E-state index contributed by atoms with van der Waals surface area (Å²) in [6.07, 6.45) is 3.37. The van der Waals surface area contributed by atoms with Crippen molar-refractivity contribution in [2.24, 2.45) is 0 Å². The first-order valence-corrected chi connectivity index (χ1v) is 10.4. The van der Waals surface area contributed by atoms with Crippen LogP contribution in [0.5, 0.6) is 0 Å². The van der Waals surface area contributed by atoms with E-state index in [2.05, 4.69) is 25.2 Å². The molecule has 1 amide bonds. The Balaban J connectivity index is 1.53. The van der Waals surface area contributed by atoms with Gasteiger partial charge in [0.2, 0.25) is 0 Å². The molecule has 2 N–H and O–H groups in total. The monoisotopic (exact) mass is 399 g/mol. The van der Waals surface area contributed by atoms with Crippen LogP contribution in [0.4, 0.5) is 10.5 Å². The van der Waals surface area contributed by atoms with E-state index >= 15 is 0 Å². The summed E-state index contributed by atoms with van der Waals surface area (Å²) in [4.78, 5) is 28.0. The average Bonchev–Trinajstić information content (AvgIpc) is 3.29. The highest BCUT2D eigenvalue weighted by Gasteiger charge is 2.26. The fraction of sp³-hybridized carbons (Fsp3) is 0.450. The molecular weight excluding hydrogens is 374 g/mol. The molecule has 0 bridgehead atoms. The highest BCUT2D eigenvalue weighted by Crippen LogP contribution is 2.30. The zero-order valence-electron chi connectivity index (χ0n) is 16.4. The molecule has 7 nitrogen and oxygen atoms in total. The van der Waals surface area contributed by atoms with Crippen LogP contribution in [0.3, 0.4) is 0 Å². The molecule has 1 atom stereocenters. The third-order valence-electron chi connectivity index (χ3n) is 4.61. The Labute approximate surface area is 168 Å². The lowest BCUT2D eigenvalue weighted by atomic mass is 10.1. The number of fused-ring (bicyclic) bond motifs is 1. The van der Waals surface area contributed by atoms with Gasteiger partial charge in [-0.3, -0.25) is 0 Å². The summed E-state index contributed by atoms with van der Waals surface area (Å²) >= 11 is 1.65. The second kappa shape index (κ2) is 7.43. The smallest absolute Gasteiger partial charge is 0.407 e. The molecule has 1 aliphatic rings. The number of aromatic nitrogens is 3. The maximum atomic E-state index is 12.1. The number of piperidine rings is 1. The number of hydrogen-bond donors (Lipinski definition) is 2. The van der Waals surface area contributed by atoms with Crippen molar-refractivity contribution >= 4 is 34.3 Å². The van der Waals surface area contributed by atoms with Crippen LogP contribution < -0.4 is 10.2 Å². The number of carbonyl (C=O) groups is 1. The SMILES string of the molecule is CC(C)(C)OC(=O)NC1CCCN(c2ccnc3nc(-c4cccs4)[nH]c23)C1. The van der Waals surface area contributed by atoms with Crippen molar-refractivity contribution in [2.45, 2.75) is 45.3 Å². The number of alkyl carbamates (subject to hydrolysis) is 1. The lowest BCUT2D eigenvalue weighted by Crippen LogP contribution is -2.49. The zero-order valence-corrected chi connectivity index (χ0v) is 17.2. The Hall–Kier alpha value is -2.61. The molecule has 0 saturated carbocycles. The van der Waals surface area contributed by atoms with Crippen LogP contribution in [0.1, 0.15) is 33.6 Å². The summed E-state index contributed by atoms with van der Waals surface area (Å²) in [5.74, 6) is 0.838. The van der Waals surface area contributed by atoms with E-state index in [1.165, 1.54) is 0 Å². The predicted octanol–water partition coefficient (Wildman–Crippen LogP) is 4.18. The normalized spacial score (nSPS) is 17.7. The minimum absolute atomic E-state index is 0.0477.